The number of benzene rings is 1. The molecule has 0 saturated heterocycles. The van der Waals surface area contributed by atoms with Crippen LogP contribution in [0.3, 0.4) is 0 Å². The molecule has 0 aliphatic rings. The van der Waals surface area contributed by atoms with Gasteiger partial charge in [-0.3, -0.25) is 0 Å². The fourth-order valence-electron chi connectivity index (χ4n) is 2.22. The van der Waals surface area contributed by atoms with Gasteiger partial charge in [-0.05, 0) is 58.4 Å². The molecule has 0 unspecified atom stereocenters. The third-order valence-corrected chi connectivity index (χ3v) is 3.66. The summed E-state index contributed by atoms with van der Waals surface area (Å²) in [7, 11) is 2.18. The van der Waals surface area contributed by atoms with Crippen LogP contribution in [-0.2, 0) is 6.54 Å². The first-order chi connectivity index (χ1) is 8.41. The maximum atomic E-state index is 3.55. The molecule has 18 heavy (non-hydrogen) atoms. The summed E-state index contributed by atoms with van der Waals surface area (Å²) >= 11 is 0. The molecule has 0 atom stereocenters. The van der Waals surface area contributed by atoms with Crippen LogP contribution in [0.1, 0.15) is 36.1 Å². The van der Waals surface area contributed by atoms with Crippen molar-refractivity contribution >= 4 is 0 Å². The van der Waals surface area contributed by atoms with Crippen molar-refractivity contribution in [3.05, 3.63) is 34.4 Å². The van der Waals surface area contributed by atoms with Crippen LogP contribution in [0.2, 0.25) is 0 Å². The van der Waals surface area contributed by atoms with Crippen molar-refractivity contribution in [3.8, 4) is 0 Å². The Morgan fingerprint density at radius 1 is 1.11 bits per heavy atom. The first-order valence-corrected chi connectivity index (χ1v) is 6.89. The molecule has 1 N–H and O–H groups in total. The summed E-state index contributed by atoms with van der Waals surface area (Å²) in [5.74, 6) is 0. The summed E-state index contributed by atoms with van der Waals surface area (Å²) in [6, 6.07) is 5.16. The van der Waals surface area contributed by atoms with Gasteiger partial charge in [0.15, 0.2) is 0 Å². The van der Waals surface area contributed by atoms with Gasteiger partial charge in [0.2, 0.25) is 0 Å². The van der Waals surface area contributed by atoms with Crippen LogP contribution < -0.4 is 5.32 Å². The summed E-state index contributed by atoms with van der Waals surface area (Å²) in [5, 5.41) is 3.55. The van der Waals surface area contributed by atoms with E-state index < -0.39 is 0 Å². The lowest BCUT2D eigenvalue weighted by Gasteiger charge is -2.21. The second kappa shape index (κ2) is 6.91. The molecule has 0 fully saturated rings. The molecule has 102 valence electrons. The van der Waals surface area contributed by atoms with Crippen molar-refractivity contribution in [2.24, 2.45) is 0 Å². The monoisotopic (exact) mass is 248 g/mol. The number of rotatable bonds is 6. The lowest BCUT2D eigenvalue weighted by atomic mass is 10.00. The zero-order valence-corrected chi connectivity index (χ0v) is 12.8. The molecule has 0 amide bonds. The topological polar surface area (TPSA) is 15.3 Å². The third kappa shape index (κ3) is 4.43. The summed E-state index contributed by atoms with van der Waals surface area (Å²) < 4.78 is 0. The molecule has 0 radical (unpaired) electrons. The smallest absolute Gasteiger partial charge is 0.0211 e. The Morgan fingerprint density at radius 3 is 2.17 bits per heavy atom. The Hall–Kier alpha value is -0.860. The maximum absolute atomic E-state index is 3.55. The molecule has 1 aromatic rings. The zero-order valence-electron chi connectivity index (χ0n) is 12.8. The Bertz CT molecular complexity index is 360. The molecule has 2 nitrogen and oxygen atoms in total. The number of nitrogens with one attached hydrogen (secondary N) is 1. The molecule has 0 saturated carbocycles. The van der Waals surface area contributed by atoms with Crippen molar-refractivity contribution in [1.29, 1.82) is 0 Å². The van der Waals surface area contributed by atoms with Crippen molar-refractivity contribution < 1.29 is 0 Å². The lowest BCUT2D eigenvalue weighted by Crippen LogP contribution is -2.33. The number of likely N-dealkylation sites (N-methyl/N-ethyl adjacent to an activating group) is 1. The van der Waals surface area contributed by atoms with E-state index in [4.69, 9.17) is 0 Å². The lowest BCUT2D eigenvalue weighted by molar-refractivity contribution is 0.273. The number of nitrogens with zero attached hydrogens (tertiary/aromatic N) is 1. The Morgan fingerprint density at radius 2 is 1.67 bits per heavy atom. The average molecular weight is 248 g/mol. The van der Waals surface area contributed by atoms with Gasteiger partial charge in [-0.25, -0.2) is 0 Å². The summed E-state index contributed by atoms with van der Waals surface area (Å²) in [6.45, 7) is 14.2. The van der Waals surface area contributed by atoms with E-state index in [1.807, 2.05) is 0 Å². The third-order valence-electron chi connectivity index (χ3n) is 3.66. The predicted octanol–water partition coefficient (Wildman–Crippen LogP) is 3.04. The number of hydrogen-bond acceptors (Lipinski definition) is 2. The van der Waals surface area contributed by atoms with Gasteiger partial charge < -0.3 is 10.2 Å². The SMILES string of the molecule is Cc1cc(C)c(CNCCN(C)C(C)C)c(C)c1. The Kier molecular flexibility index (Phi) is 5.83. The van der Waals surface area contributed by atoms with Crippen LogP contribution in [0.5, 0.6) is 0 Å². The fraction of sp³-hybridized carbons (Fsp3) is 0.625. The van der Waals surface area contributed by atoms with Crippen LogP contribution in [0.4, 0.5) is 0 Å². The summed E-state index contributed by atoms with van der Waals surface area (Å²) in [4.78, 5) is 2.36. The zero-order chi connectivity index (χ0) is 13.7. The molecule has 0 aliphatic heterocycles. The van der Waals surface area contributed by atoms with Gasteiger partial charge in [-0.15, -0.1) is 0 Å². The Labute approximate surface area is 112 Å². The van der Waals surface area contributed by atoms with Gasteiger partial charge in [0.25, 0.3) is 0 Å². The van der Waals surface area contributed by atoms with Crippen LogP contribution in [0.15, 0.2) is 12.1 Å². The summed E-state index contributed by atoms with van der Waals surface area (Å²) in [6.07, 6.45) is 0. The summed E-state index contributed by atoms with van der Waals surface area (Å²) in [5.41, 5.74) is 5.61. The standard InChI is InChI=1S/C16H28N2/c1-12(2)18(6)8-7-17-11-16-14(4)9-13(3)10-15(16)5/h9-10,12,17H,7-8,11H2,1-6H3. The van der Waals surface area contributed by atoms with Crippen molar-refractivity contribution in [1.82, 2.24) is 10.2 Å². The predicted molar refractivity (Wildman–Crippen MR) is 80.1 cm³/mol. The van der Waals surface area contributed by atoms with E-state index in [0.717, 1.165) is 19.6 Å². The minimum Gasteiger partial charge on any atom is -0.311 e. The van der Waals surface area contributed by atoms with E-state index >= 15 is 0 Å². The molecule has 0 aliphatic carbocycles. The normalized spacial score (nSPS) is 11.6. The minimum absolute atomic E-state index is 0.620. The molecule has 0 bridgehead atoms. The minimum atomic E-state index is 0.620. The van der Waals surface area contributed by atoms with Crippen molar-refractivity contribution in [2.45, 2.75) is 47.2 Å². The van der Waals surface area contributed by atoms with Gasteiger partial charge >= 0.3 is 0 Å². The molecule has 0 heterocycles. The quantitative estimate of drug-likeness (QED) is 0.778. The number of hydrogen-bond donors (Lipinski definition) is 1. The van der Waals surface area contributed by atoms with E-state index in [9.17, 15) is 0 Å². The second-order valence-electron chi connectivity index (χ2n) is 5.63. The van der Waals surface area contributed by atoms with Crippen LogP contribution in [0, 0.1) is 20.8 Å². The highest BCUT2D eigenvalue weighted by atomic mass is 15.1. The van der Waals surface area contributed by atoms with Crippen molar-refractivity contribution in [3.63, 3.8) is 0 Å². The highest BCUT2D eigenvalue weighted by molar-refractivity contribution is 5.37. The molecule has 1 rings (SSSR count). The average Bonchev–Trinajstić information content (AvgIpc) is 2.26. The van der Waals surface area contributed by atoms with E-state index in [0.29, 0.717) is 6.04 Å². The molecule has 1 aromatic carbocycles. The highest BCUT2D eigenvalue weighted by Gasteiger charge is 2.05. The molecule has 0 aromatic heterocycles. The van der Waals surface area contributed by atoms with Crippen LogP contribution in [-0.4, -0.2) is 31.1 Å². The van der Waals surface area contributed by atoms with Gasteiger partial charge in [0.05, 0.1) is 0 Å². The fourth-order valence-corrected chi connectivity index (χ4v) is 2.22. The van der Waals surface area contributed by atoms with Crippen LogP contribution in [0.25, 0.3) is 0 Å². The van der Waals surface area contributed by atoms with E-state index in [1.54, 1.807) is 0 Å². The van der Waals surface area contributed by atoms with Crippen LogP contribution >= 0.6 is 0 Å². The highest BCUT2D eigenvalue weighted by Crippen LogP contribution is 2.15. The van der Waals surface area contributed by atoms with Gasteiger partial charge in [0, 0.05) is 25.7 Å². The largest absolute Gasteiger partial charge is 0.311 e. The maximum Gasteiger partial charge on any atom is 0.0211 e. The second-order valence-corrected chi connectivity index (χ2v) is 5.63. The number of aryl methyl sites for hydroxylation is 3. The molecule has 2 heteroatoms. The molecular weight excluding hydrogens is 220 g/mol. The van der Waals surface area contributed by atoms with E-state index in [2.05, 4.69) is 64.0 Å². The molecule has 0 spiro atoms. The van der Waals surface area contributed by atoms with Gasteiger partial charge in [-0.1, -0.05) is 17.7 Å². The molecular formula is C16H28N2. The van der Waals surface area contributed by atoms with E-state index in [1.165, 1.54) is 22.3 Å². The first kappa shape index (κ1) is 15.2. The van der Waals surface area contributed by atoms with E-state index in [-0.39, 0.29) is 0 Å². The Balaban J connectivity index is 2.45. The van der Waals surface area contributed by atoms with Gasteiger partial charge in [-0.2, -0.15) is 0 Å². The first-order valence-electron chi connectivity index (χ1n) is 6.89. The van der Waals surface area contributed by atoms with Gasteiger partial charge in [0.1, 0.15) is 0 Å². The van der Waals surface area contributed by atoms with Crippen molar-refractivity contribution in [2.75, 3.05) is 20.1 Å².